The number of carbonyl (C=O) groups is 1. The minimum Gasteiger partial charge on any atom is -0.494 e. The molecule has 7 heteroatoms. The standard InChI is InChI=1S/C29H34N4O3/c1-20(36-21(2)19-34)18-32(3)24-12-14-33(15-13-24)27-17-31-28-25(6-5-7-26(28)29(27)35-4)23-10-8-22(16-30)9-11-23/h5-11,17,19-21,24H,12-15,18H2,1-4H3. The number of benzene rings is 2. The third-order valence-corrected chi connectivity index (χ3v) is 6.97. The van der Waals surface area contributed by atoms with Gasteiger partial charge in [-0.1, -0.05) is 24.3 Å². The summed E-state index contributed by atoms with van der Waals surface area (Å²) >= 11 is 0. The molecule has 2 unspecified atom stereocenters. The molecular weight excluding hydrogens is 452 g/mol. The predicted octanol–water partition coefficient (Wildman–Crippen LogP) is 4.68. The van der Waals surface area contributed by atoms with Crippen LogP contribution in [0.1, 0.15) is 32.3 Å². The smallest absolute Gasteiger partial charge is 0.153 e. The van der Waals surface area contributed by atoms with E-state index in [2.05, 4.69) is 35.0 Å². The van der Waals surface area contributed by atoms with Crippen LogP contribution in [0.2, 0.25) is 0 Å². The lowest BCUT2D eigenvalue weighted by Crippen LogP contribution is -2.46. The predicted molar refractivity (Wildman–Crippen MR) is 142 cm³/mol. The van der Waals surface area contributed by atoms with Crippen LogP contribution in [0.15, 0.2) is 48.7 Å². The minimum absolute atomic E-state index is 0.00307. The van der Waals surface area contributed by atoms with Gasteiger partial charge in [-0.2, -0.15) is 5.26 Å². The Bertz CT molecular complexity index is 1230. The van der Waals surface area contributed by atoms with Gasteiger partial charge < -0.3 is 24.1 Å². The van der Waals surface area contributed by atoms with Crippen molar-refractivity contribution in [2.75, 3.05) is 38.7 Å². The summed E-state index contributed by atoms with van der Waals surface area (Å²) < 4.78 is 11.7. The summed E-state index contributed by atoms with van der Waals surface area (Å²) in [4.78, 5) is 20.5. The van der Waals surface area contributed by atoms with Gasteiger partial charge in [0, 0.05) is 36.6 Å². The summed E-state index contributed by atoms with van der Waals surface area (Å²) in [6.45, 7) is 6.41. The van der Waals surface area contributed by atoms with E-state index in [0.29, 0.717) is 11.6 Å². The molecule has 0 radical (unpaired) electrons. The van der Waals surface area contributed by atoms with Crippen LogP contribution in [-0.4, -0.2) is 68.2 Å². The maximum absolute atomic E-state index is 10.9. The number of carbonyl (C=O) groups excluding carboxylic acids is 1. The zero-order valence-electron chi connectivity index (χ0n) is 21.5. The monoisotopic (exact) mass is 486 g/mol. The lowest BCUT2D eigenvalue weighted by atomic mass is 9.99. The molecule has 2 aromatic carbocycles. The fourth-order valence-electron chi connectivity index (χ4n) is 5.13. The SMILES string of the molecule is COc1c(N2CCC(N(C)CC(C)OC(C)C=O)CC2)cnc2c(-c3ccc(C#N)cc3)cccc12. The van der Waals surface area contributed by atoms with Gasteiger partial charge in [-0.3, -0.25) is 4.98 Å². The topological polar surface area (TPSA) is 78.7 Å². The van der Waals surface area contributed by atoms with Crippen LogP contribution in [0.25, 0.3) is 22.0 Å². The van der Waals surface area contributed by atoms with Gasteiger partial charge in [-0.05, 0) is 57.5 Å². The first kappa shape index (κ1) is 25.6. The number of aromatic nitrogens is 1. The summed E-state index contributed by atoms with van der Waals surface area (Å²) in [6, 6.07) is 16.3. The van der Waals surface area contributed by atoms with Crippen LogP contribution in [0, 0.1) is 11.3 Å². The number of para-hydroxylation sites is 1. The van der Waals surface area contributed by atoms with Crippen molar-refractivity contribution < 1.29 is 14.3 Å². The number of rotatable bonds is 9. The maximum Gasteiger partial charge on any atom is 0.153 e. The van der Waals surface area contributed by atoms with Crippen molar-refractivity contribution in [3.63, 3.8) is 0 Å². The molecule has 1 saturated heterocycles. The highest BCUT2D eigenvalue weighted by Crippen LogP contribution is 2.39. The number of piperidine rings is 1. The van der Waals surface area contributed by atoms with Crippen LogP contribution in [-0.2, 0) is 9.53 Å². The second kappa shape index (κ2) is 11.5. The fourth-order valence-corrected chi connectivity index (χ4v) is 5.13. The Morgan fingerprint density at radius 3 is 2.56 bits per heavy atom. The van der Waals surface area contributed by atoms with Gasteiger partial charge in [-0.15, -0.1) is 0 Å². The van der Waals surface area contributed by atoms with Crippen molar-refractivity contribution in [2.24, 2.45) is 0 Å². The third-order valence-electron chi connectivity index (χ3n) is 6.97. The number of methoxy groups -OCH3 is 1. The number of nitriles is 1. The highest BCUT2D eigenvalue weighted by molar-refractivity contribution is 5.99. The number of nitrogens with zero attached hydrogens (tertiary/aromatic N) is 4. The Morgan fingerprint density at radius 2 is 1.92 bits per heavy atom. The highest BCUT2D eigenvalue weighted by atomic mass is 16.5. The zero-order valence-corrected chi connectivity index (χ0v) is 21.5. The Kier molecular flexibility index (Phi) is 8.19. The molecule has 0 aliphatic carbocycles. The van der Waals surface area contributed by atoms with Crippen LogP contribution < -0.4 is 9.64 Å². The molecule has 36 heavy (non-hydrogen) atoms. The van der Waals surface area contributed by atoms with E-state index in [4.69, 9.17) is 19.7 Å². The van der Waals surface area contributed by atoms with Crippen molar-refractivity contribution in [3.05, 3.63) is 54.2 Å². The molecule has 0 saturated carbocycles. The van der Waals surface area contributed by atoms with Gasteiger partial charge in [0.2, 0.25) is 0 Å². The van der Waals surface area contributed by atoms with Crippen LogP contribution in [0.5, 0.6) is 5.75 Å². The molecular formula is C29H34N4O3. The molecule has 3 aromatic rings. The fraction of sp³-hybridized carbons (Fsp3) is 0.414. The minimum atomic E-state index is -0.374. The molecule has 0 N–H and O–H groups in total. The maximum atomic E-state index is 10.9. The van der Waals surface area contributed by atoms with E-state index >= 15 is 0 Å². The van der Waals surface area contributed by atoms with E-state index in [1.165, 1.54) is 0 Å². The van der Waals surface area contributed by atoms with Crippen molar-refractivity contribution in [1.82, 2.24) is 9.88 Å². The number of likely N-dealkylation sites (N-methyl/N-ethyl adjacent to an activating group) is 1. The number of pyridine rings is 1. The van der Waals surface area contributed by atoms with E-state index in [9.17, 15) is 4.79 Å². The Morgan fingerprint density at radius 1 is 1.19 bits per heavy atom. The molecule has 0 spiro atoms. The zero-order chi connectivity index (χ0) is 25.7. The van der Waals surface area contributed by atoms with Crippen molar-refractivity contribution in [3.8, 4) is 22.9 Å². The molecule has 2 heterocycles. The highest BCUT2D eigenvalue weighted by Gasteiger charge is 2.26. The van der Waals surface area contributed by atoms with Crippen LogP contribution in [0.4, 0.5) is 5.69 Å². The second-order valence-electron chi connectivity index (χ2n) is 9.51. The number of aldehydes is 1. The Labute approximate surface area is 213 Å². The molecule has 0 bridgehead atoms. The largest absolute Gasteiger partial charge is 0.494 e. The number of hydrogen-bond donors (Lipinski definition) is 0. The number of hydrogen-bond acceptors (Lipinski definition) is 7. The first-order chi connectivity index (χ1) is 17.4. The van der Waals surface area contributed by atoms with Crippen molar-refractivity contribution in [1.29, 1.82) is 5.26 Å². The number of anilines is 1. The van der Waals surface area contributed by atoms with E-state index < -0.39 is 0 Å². The molecule has 2 atom stereocenters. The summed E-state index contributed by atoms with van der Waals surface area (Å²) in [5, 5.41) is 10.1. The lowest BCUT2D eigenvalue weighted by molar-refractivity contribution is -0.120. The third kappa shape index (κ3) is 5.51. The average Bonchev–Trinajstić information content (AvgIpc) is 2.91. The first-order valence-electron chi connectivity index (χ1n) is 12.5. The molecule has 4 rings (SSSR count). The summed E-state index contributed by atoms with van der Waals surface area (Å²) in [5.41, 5.74) is 4.57. The Hall–Kier alpha value is -3.47. The molecule has 0 amide bonds. The lowest BCUT2D eigenvalue weighted by Gasteiger charge is -2.39. The second-order valence-corrected chi connectivity index (χ2v) is 9.51. The van der Waals surface area contributed by atoms with E-state index in [1.807, 2.05) is 43.5 Å². The number of fused-ring (bicyclic) bond motifs is 1. The number of ether oxygens (including phenoxy) is 2. The van der Waals surface area contributed by atoms with Crippen LogP contribution in [0.3, 0.4) is 0 Å². The van der Waals surface area contributed by atoms with Crippen molar-refractivity contribution >= 4 is 22.9 Å². The van der Waals surface area contributed by atoms with Gasteiger partial charge in [0.25, 0.3) is 0 Å². The molecule has 1 aliphatic rings. The van der Waals surface area contributed by atoms with Gasteiger partial charge in [0.1, 0.15) is 12.4 Å². The van der Waals surface area contributed by atoms with Gasteiger partial charge in [0.05, 0.1) is 42.2 Å². The van der Waals surface area contributed by atoms with Crippen LogP contribution >= 0.6 is 0 Å². The molecule has 1 fully saturated rings. The summed E-state index contributed by atoms with van der Waals surface area (Å²) in [5.74, 6) is 0.840. The van der Waals surface area contributed by atoms with Gasteiger partial charge >= 0.3 is 0 Å². The summed E-state index contributed by atoms with van der Waals surface area (Å²) in [6.07, 6.45) is 4.45. The Balaban J connectivity index is 1.51. The van der Waals surface area contributed by atoms with E-state index in [-0.39, 0.29) is 12.2 Å². The molecule has 1 aliphatic heterocycles. The van der Waals surface area contributed by atoms with Crippen molar-refractivity contribution in [2.45, 2.75) is 44.9 Å². The quantitative estimate of drug-likeness (QED) is 0.407. The average molecular weight is 487 g/mol. The van der Waals surface area contributed by atoms with E-state index in [0.717, 1.165) is 72.2 Å². The molecule has 188 valence electrons. The molecule has 1 aromatic heterocycles. The molecule has 7 nitrogen and oxygen atoms in total. The van der Waals surface area contributed by atoms with E-state index in [1.54, 1.807) is 14.0 Å². The van der Waals surface area contributed by atoms with Gasteiger partial charge in [0.15, 0.2) is 5.75 Å². The first-order valence-corrected chi connectivity index (χ1v) is 12.5. The summed E-state index contributed by atoms with van der Waals surface area (Å²) in [7, 11) is 3.85. The normalized spacial score (nSPS) is 16.1. The van der Waals surface area contributed by atoms with Gasteiger partial charge in [-0.25, -0.2) is 0 Å².